The average Bonchev–Trinajstić information content (AvgIpc) is 2.33. The Hall–Kier alpha value is -0.120. The third-order valence-corrected chi connectivity index (χ3v) is 4.14. The molecule has 0 aliphatic rings. The first-order valence-electron chi connectivity index (χ1n) is 6.85. The Morgan fingerprint density at radius 1 is 1.26 bits per heavy atom. The zero-order valence-corrected chi connectivity index (χ0v) is 14.0. The van der Waals surface area contributed by atoms with Crippen molar-refractivity contribution in [1.82, 2.24) is 5.32 Å². The van der Waals surface area contributed by atoms with Crippen molar-refractivity contribution in [2.75, 3.05) is 13.1 Å². The minimum Gasteiger partial charge on any atom is -0.316 e. The summed E-state index contributed by atoms with van der Waals surface area (Å²) in [6.45, 7) is 6.51. The Labute approximate surface area is 129 Å². The van der Waals surface area contributed by atoms with Gasteiger partial charge in [-0.1, -0.05) is 31.9 Å². The van der Waals surface area contributed by atoms with Crippen LogP contribution in [0.25, 0.3) is 0 Å². The van der Waals surface area contributed by atoms with E-state index in [1.807, 2.05) is 0 Å². The molecule has 0 aliphatic carbocycles. The van der Waals surface area contributed by atoms with Gasteiger partial charge in [0.1, 0.15) is 5.82 Å². The number of unbranched alkanes of at least 4 members (excludes halogenated alkanes) is 2. The predicted octanol–water partition coefficient (Wildman–Crippen LogP) is 5.20. The first kappa shape index (κ1) is 16.9. The molecule has 0 heterocycles. The van der Waals surface area contributed by atoms with Crippen molar-refractivity contribution in [2.24, 2.45) is 5.92 Å². The normalized spacial score (nSPS) is 11.3. The summed E-state index contributed by atoms with van der Waals surface area (Å²) in [7, 11) is 0. The van der Waals surface area contributed by atoms with Gasteiger partial charge in [0, 0.05) is 4.47 Å². The van der Waals surface area contributed by atoms with E-state index in [2.05, 4.69) is 35.1 Å². The highest BCUT2D eigenvalue weighted by Gasteiger charge is 2.06. The lowest BCUT2D eigenvalue weighted by atomic mass is 10.1. The van der Waals surface area contributed by atoms with Crippen LogP contribution < -0.4 is 5.32 Å². The molecule has 1 aromatic carbocycles. The number of hydrogen-bond donors (Lipinski definition) is 1. The maximum atomic E-state index is 13.6. The summed E-state index contributed by atoms with van der Waals surface area (Å²) >= 11 is 9.20. The van der Waals surface area contributed by atoms with E-state index in [4.69, 9.17) is 11.6 Å². The van der Waals surface area contributed by atoms with Gasteiger partial charge in [-0.25, -0.2) is 4.39 Å². The second-order valence-corrected chi connectivity index (χ2v) is 6.53. The zero-order chi connectivity index (χ0) is 14.3. The summed E-state index contributed by atoms with van der Waals surface area (Å²) in [6, 6.07) is 3.17. The van der Waals surface area contributed by atoms with Crippen LogP contribution in [0.4, 0.5) is 4.39 Å². The minimum atomic E-state index is -0.172. The molecule has 0 atom stereocenters. The highest BCUT2D eigenvalue weighted by molar-refractivity contribution is 9.10. The van der Waals surface area contributed by atoms with Gasteiger partial charge < -0.3 is 5.32 Å². The molecule has 0 bridgehead atoms. The zero-order valence-electron chi connectivity index (χ0n) is 11.6. The molecule has 1 N–H and O–H groups in total. The van der Waals surface area contributed by atoms with Crippen molar-refractivity contribution in [3.8, 4) is 0 Å². The topological polar surface area (TPSA) is 12.0 Å². The molecule has 1 rings (SSSR count). The van der Waals surface area contributed by atoms with Gasteiger partial charge in [0.2, 0.25) is 0 Å². The van der Waals surface area contributed by atoms with E-state index in [0.29, 0.717) is 21.0 Å². The summed E-state index contributed by atoms with van der Waals surface area (Å²) in [5.41, 5.74) is 0.711. The molecule has 1 aromatic rings. The molecule has 0 radical (unpaired) electrons. The van der Waals surface area contributed by atoms with Crippen LogP contribution in [0.3, 0.4) is 0 Å². The Morgan fingerprint density at radius 2 is 2.00 bits per heavy atom. The van der Waals surface area contributed by atoms with E-state index in [1.54, 1.807) is 6.07 Å². The molecular formula is C15H22BrClFN. The number of benzene rings is 1. The highest BCUT2D eigenvalue weighted by atomic mass is 79.9. The Morgan fingerprint density at radius 3 is 2.68 bits per heavy atom. The maximum Gasteiger partial charge on any atom is 0.127 e. The molecule has 1 nitrogen and oxygen atoms in total. The second-order valence-electron chi connectivity index (χ2n) is 5.27. The van der Waals surface area contributed by atoms with Crippen molar-refractivity contribution in [2.45, 2.75) is 39.5 Å². The smallest absolute Gasteiger partial charge is 0.127 e. The van der Waals surface area contributed by atoms with Gasteiger partial charge in [0.15, 0.2) is 0 Å². The molecule has 4 heteroatoms. The summed E-state index contributed by atoms with van der Waals surface area (Å²) in [5.74, 6) is 0.521. The van der Waals surface area contributed by atoms with Crippen molar-refractivity contribution >= 4 is 27.5 Å². The lowest BCUT2D eigenvalue weighted by molar-refractivity contribution is 0.528. The van der Waals surface area contributed by atoms with Crippen LogP contribution in [-0.4, -0.2) is 13.1 Å². The summed E-state index contributed by atoms with van der Waals surface area (Å²) in [6.07, 6.45) is 4.00. The fourth-order valence-electron chi connectivity index (χ4n) is 1.89. The van der Waals surface area contributed by atoms with E-state index in [-0.39, 0.29) is 5.82 Å². The SMILES string of the molecule is CC(C)CNCCCCCc1cc(Cl)c(Br)cc1F. The lowest BCUT2D eigenvalue weighted by Crippen LogP contribution is -2.20. The molecule has 0 unspecified atom stereocenters. The fourth-order valence-corrected chi connectivity index (χ4v) is 2.39. The van der Waals surface area contributed by atoms with Gasteiger partial charge in [-0.3, -0.25) is 0 Å². The largest absolute Gasteiger partial charge is 0.316 e. The van der Waals surface area contributed by atoms with Gasteiger partial charge in [-0.15, -0.1) is 0 Å². The van der Waals surface area contributed by atoms with E-state index in [0.717, 1.165) is 38.8 Å². The molecule has 0 saturated heterocycles. The molecule has 0 aromatic heterocycles. The van der Waals surface area contributed by atoms with Gasteiger partial charge >= 0.3 is 0 Å². The number of hydrogen-bond acceptors (Lipinski definition) is 1. The monoisotopic (exact) mass is 349 g/mol. The summed E-state index contributed by atoms with van der Waals surface area (Å²) in [4.78, 5) is 0. The maximum absolute atomic E-state index is 13.6. The number of nitrogens with one attached hydrogen (secondary N) is 1. The summed E-state index contributed by atoms with van der Waals surface area (Å²) in [5, 5.41) is 3.99. The third kappa shape index (κ3) is 6.73. The summed E-state index contributed by atoms with van der Waals surface area (Å²) < 4.78 is 14.3. The van der Waals surface area contributed by atoms with Crippen LogP contribution in [0.2, 0.25) is 5.02 Å². The number of rotatable bonds is 8. The van der Waals surface area contributed by atoms with Crippen LogP contribution in [0, 0.1) is 11.7 Å². The molecule has 0 fully saturated rings. The van der Waals surface area contributed by atoms with Gasteiger partial charge in [-0.2, -0.15) is 0 Å². The van der Waals surface area contributed by atoms with Gasteiger partial charge in [0.25, 0.3) is 0 Å². The highest BCUT2D eigenvalue weighted by Crippen LogP contribution is 2.26. The quantitative estimate of drug-likeness (QED) is 0.502. The van der Waals surface area contributed by atoms with Crippen LogP contribution in [0.15, 0.2) is 16.6 Å². The van der Waals surface area contributed by atoms with Crippen molar-refractivity contribution in [3.05, 3.63) is 33.0 Å². The van der Waals surface area contributed by atoms with Crippen LogP contribution in [0.1, 0.15) is 38.7 Å². The van der Waals surface area contributed by atoms with Crippen molar-refractivity contribution in [1.29, 1.82) is 0 Å². The Bertz CT molecular complexity index is 396. The van der Waals surface area contributed by atoms with Crippen LogP contribution in [0.5, 0.6) is 0 Å². The van der Waals surface area contributed by atoms with Crippen LogP contribution in [-0.2, 0) is 6.42 Å². The lowest BCUT2D eigenvalue weighted by Gasteiger charge is -2.08. The van der Waals surface area contributed by atoms with E-state index >= 15 is 0 Å². The molecule has 19 heavy (non-hydrogen) atoms. The third-order valence-electron chi connectivity index (χ3n) is 2.94. The van der Waals surface area contributed by atoms with Crippen LogP contribution >= 0.6 is 27.5 Å². The standard InChI is InChI=1S/C15H22BrClFN/c1-11(2)10-19-7-5-3-4-6-12-8-14(17)13(16)9-15(12)18/h8-9,11,19H,3-7,10H2,1-2H3. The van der Waals surface area contributed by atoms with Crippen molar-refractivity contribution < 1.29 is 4.39 Å². The average molecular weight is 351 g/mol. The molecule has 0 saturated carbocycles. The Balaban J connectivity index is 2.21. The number of halogens is 3. The Kier molecular flexibility index (Phi) is 7.96. The molecule has 0 amide bonds. The molecule has 108 valence electrons. The minimum absolute atomic E-state index is 0.172. The first-order valence-corrected chi connectivity index (χ1v) is 8.02. The van der Waals surface area contributed by atoms with E-state index < -0.39 is 0 Å². The van der Waals surface area contributed by atoms with Crippen molar-refractivity contribution in [3.63, 3.8) is 0 Å². The van der Waals surface area contributed by atoms with Gasteiger partial charge in [-0.05, 0) is 71.9 Å². The molecular weight excluding hydrogens is 329 g/mol. The van der Waals surface area contributed by atoms with Gasteiger partial charge in [0.05, 0.1) is 5.02 Å². The number of aryl methyl sites for hydroxylation is 1. The molecule has 0 aliphatic heterocycles. The van der Waals surface area contributed by atoms with E-state index in [9.17, 15) is 4.39 Å². The first-order chi connectivity index (χ1) is 9.00. The second kappa shape index (κ2) is 8.93. The van der Waals surface area contributed by atoms with E-state index in [1.165, 1.54) is 6.07 Å². The molecule has 0 spiro atoms. The predicted molar refractivity (Wildman–Crippen MR) is 84.4 cm³/mol. The fraction of sp³-hybridized carbons (Fsp3) is 0.600.